The van der Waals surface area contributed by atoms with Crippen LogP contribution in [0.25, 0.3) is 10.9 Å². The third-order valence-electron chi connectivity index (χ3n) is 1.92. The van der Waals surface area contributed by atoms with Gasteiger partial charge in [0.15, 0.2) is 0 Å². The van der Waals surface area contributed by atoms with Gasteiger partial charge in [0.2, 0.25) is 0 Å². The Bertz CT molecular complexity index is 604. The molecule has 0 aliphatic heterocycles. The second-order valence-corrected chi connectivity index (χ2v) is 2.81. The number of hydrogen-bond acceptors (Lipinski definition) is 4. The second-order valence-electron chi connectivity index (χ2n) is 2.81. The highest BCUT2D eigenvalue weighted by molar-refractivity contribution is 5.88. The maximum atomic E-state index is 11.3. The first-order chi connectivity index (χ1) is 6.70. The Morgan fingerprint density at radius 2 is 1.93 bits per heavy atom. The molecule has 0 bridgehead atoms. The van der Waals surface area contributed by atoms with Crippen molar-refractivity contribution in [1.29, 1.82) is 0 Å². The molecule has 2 aromatic rings. The molecule has 0 unspecified atom stereocenters. The average Bonchev–Trinajstić information content (AvgIpc) is 2.32. The number of benzene rings is 1. The summed E-state index contributed by atoms with van der Waals surface area (Å²) in [4.78, 5) is 22.3. The van der Waals surface area contributed by atoms with Crippen molar-refractivity contribution in [1.82, 2.24) is 10.2 Å². The number of nitrogens with two attached hydrogens (primary N) is 1. The lowest BCUT2D eigenvalue weighted by Gasteiger charge is -1.90. The van der Waals surface area contributed by atoms with Crippen LogP contribution in [-0.2, 0) is 0 Å². The number of fused-ring (bicyclic) bond motifs is 1. The Morgan fingerprint density at radius 3 is 2.71 bits per heavy atom. The first-order valence-corrected chi connectivity index (χ1v) is 3.97. The summed E-state index contributed by atoms with van der Waals surface area (Å²) in [5, 5.41) is 6.35. The number of nitrogens with one attached hydrogen (secondary N) is 1. The van der Waals surface area contributed by atoms with Crippen molar-refractivity contribution in [2.75, 3.05) is 5.73 Å². The lowest BCUT2D eigenvalue weighted by atomic mass is 10.2. The van der Waals surface area contributed by atoms with E-state index in [9.17, 15) is 9.59 Å². The fourth-order valence-corrected chi connectivity index (χ4v) is 1.21. The van der Waals surface area contributed by atoms with Crippen LogP contribution in [-0.4, -0.2) is 10.2 Å². The van der Waals surface area contributed by atoms with Gasteiger partial charge in [0, 0.05) is 5.39 Å². The van der Waals surface area contributed by atoms with Crippen LogP contribution in [0.1, 0.15) is 0 Å². The number of anilines is 1. The van der Waals surface area contributed by atoms with Crippen LogP contribution >= 0.6 is 0 Å². The van der Waals surface area contributed by atoms with E-state index in [1.807, 2.05) is 0 Å². The summed E-state index contributed by atoms with van der Waals surface area (Å²) < 4.78 is 0. The van der Waals surface area contributed by atoms with Crippen molar-refractivity contribution in [3.8, 4) is 0 Å². The van der Waals surface area contributed by atoms with E-state index in [4.69, 9.17) is 5.73 Å². The molecular weight excluding hydrogens is 182 g/mol. The van der Waals surface area contributed by atoms with Gasteiger partial charge < -0.3 is 5.73 Å². The van der Waals surface area contributed by atoms with Gasteiger partial charge in [0.1, 0.15) is 0 Å². The second kappa shape index (κ2) is 2.95. The summed E-state index contributed by atoms with van der Waals surface area (Å²) in [6, 6.07) is 6.79. The molecule has 3 N–H and O–H groups in total. The Balaban J connectivity index is 3.15. The van der Waals surface area contributed by atoms with Crippen LogP contribution in [0.4, 0.5) is 5.69 Å². The molecule has 0 saturated carbocycles. The lowest BCUT2D eigenvalue weighted by Crippen LogP contribution is -2.26. The normalized spacial score (nSPS) is 10.3. The van der Waals surface area contributed by atoms with E-state index < -0.39 is 11.0 Å². The molecule has 1 aromatic heterocycles. The zero-order valence-electron chi connectivity index (χ0n) is 7.15. The Morgan fingerprint density at radius 1 is 1.21 bits per heavy atom. The van der Waals surface area contributed by atoms with Crippen LogP contribution in [0.2, 0.25) is 0 Å². The van der Waals surface area contributed by atoms with Crippen molar-refractivity contribution in [3.63, 3.8) is 0 Å². The van der Waals surface area contributed by atoms with Crippen molar-refractivity contribution in [3.05, 3.63) is 44.8 Å². The smallest absolute Gasteiger partial charge is 0.314 e. The van der Waals surface area contributed by atoms with Gasteiger partial charge in [0.05, 0.1) is 11.2 Å². The van der Waals surface area contributed by atoms with Crippen LogP contribution < -0.4 is 16.7 Å². The van der Waals surface area contributed by atoms with Crippen LogP contribution in [0.15, 0.2) is 33.9 Å². The minimum atomic E-state index is -0.807. The number of nitrogens with zero attached hydrogens (tertiary/aromatic N) is 1. The van der Waals surface area contributed by atoms with E-state index >= 15 is 0 Å². The van der Waals surface area contributed by atoms with Crippen molar-refractivity contribution < 1.29 is 0 Å². The Kier molecular flexibility index (Phi) is 1.78. The largest absolute Gasteiger partial charge is 0.395 e. The van der Waals surface area contributed by atoms with Gasteiger partial charge >= 0.3 is 5.56 Å². The molecule has 5 heteroatoms. The third-order valence-corrected chi connectivity index (χ3v) is 1.92. The molecule has 0 radical (unpaired) electrons. The minimum absolute atomic E-state index is 0.0700. The summed E-state index contributed by atoms with van der Waals surface area (Å²) in [5.41, 5.74) is 4.39. The summed E-state index contributed by atoms with van der Waals surface area (Å²) >= 11 is 0. The fraction of sp³-hybridized carbons (Fsp3) is 0. The van der Waals surface area contributed by atoms with E-state index in [1.54, 1.807) is 24.3 Å². The number of para-hydroxylation sites is 1. The average molecular weight is 189 g/mol. The van der Waals surface area contributed by atoms with Crippen molar-refractivity contribution in [2.24, 2.45) is 0 Å². The van der Waals surface area contributed by atoms with E-state index in [-0.39, 0.29) is 5.69 Å². The fourth-order valence-electron chi connectivity index (χ4n) is 1.21. The Hall–Kier alpha value is -2.17. The molecule has 14 heavy (non-hydrogen) atoms. The molecule has 0 spiro atoms. The van der Waals surface area contributed by atoms with Crippen LogP contribution in [0.3, 0.4) is 0 Å². The molecule has 1 aromatic carbocycles. The molecular formula is C9H7N3O2. The van der Waals surface area contributed by atoms with Gasteiger partial charge in [-0.3, -0.25) is 9.59 Å². The summed E-state index contributed by atoms with van der Waals surface area (Å²) in [6.45, 7) is 0. The van der Waals surface area contributed by atoms with Gasteiger partial charge in [-0.25, -0.2) is 5.10 Å². The molecule has 1 heterocycles. The molecule has 0 atom stereocenters. The Labute approximate surface area is 78.2 Å². The minimum Gasteiger partial charge on any atom is -0.395 e. The van der Waals surface area contributed by atoms with E-state index in [0.29, 0.717) is 10.9 Å². The molecule has 0 fully saturated rings. The predicted octanol–water partition coefficient (Wildman–Crippen LogP) is -0.135. The number of aromatic nitrogens is 2. The molecule has 70 valence electrons. The molecule has 0 aliphatic rings. The standard InChI is InChI=1S/C9H7N3O2/c10-7-5-3-1-2-4-6(5)11-12-9(14)8(7)13/h1-4H,(H3,10,12,13,14). The van der Waals surface area contributed by atoms with E-state index in [1.165, 1.54) is 0 Å². The first kappa shape index (κ1) is 8.43. The van der Waals surface area contributed by atoms with Gasteiger partial charge in [-0.15, -0.1) is 0 Å². The topological polar surface area (TPSA) is 88.8 Å². The SMILES string of the molecule is Nc1c(=O)c(=O)[nH]nc2ccccc12. The molecule has 0 aliphatic carbocycles. The molecule has 0 saturated heterocycles. The van der Waals surface area contributed by atoms with Crippen molar-refractivity contribution >= 4 is 16.6 Å². The van der Waals surface area contributed by atoms with Crippen LogP contribution in [0, 0.1) is 0 Å². The van der Waals surface area contributed by atoms with E-state index in [0.717, 1.165) is 0 Å². The molecule has 2 rings (SSSR count). The highest BCUT2D eigenvalue weighted by atomic mass is 16.2. The number of aromatic amines is 1. The number of hydrogen-bond donors (Lipinski definition) is 2. The highest BCUT2D eigenvalue weighted by Gasteiger charge is 2.03. The zero-order chi connectivity index (χ0) is 10.1. The van der Waals surface area contributed by atoms with Gasteiger partial charge in [-0.2, -0.15) is 5.10 Å². The summed E-state index contributed by atoms with van der Waals surface area (Å²) in [6.07, 6.45) is 0. The van der Waals surface area contributed by atoms with Gasteiger partial charge in [0.25, 0.3) is 5.43 Å². The number of H-pyrrole nitrogens is 1. The number of rotatable bonds is 0. The monoisotopic (exact) mass is 189 g/mol. The molecule has 5 nitrogen and oxygen atoms in total. The quantitative estimate of drug-likeness (QED) is 0.565. The summed E-state index contributed by atoms with van der Waals surface area (Å²) in [5.74, 6) is 0. The highest BCUT2D eigenvalue weighted by Crippen LogP contribution is 2.11. The van der Waals surface area contributed by atoms with Gasteiger partial charge in [-0.05, 0) is 6.07 Å². The summed E-state index contributed by atoms with van der Waals surface area (Å²) in [7, 11) is 0. The van der Waals surface area contributed by atoms with Gasteiger partial charge in [-0.1, -0.05) is 18.2 Å². The first-order valence-electron chi connectivity index (χ1n) is 3.97. The molecule has 0 amide bonds. The maximum Gasteiger partial charge on any atom is 0.314 e. The predicted molar refractivity (Wildman–Crippen MR) is 53.0 cm³/mol. The third kappa shape index (κ3) is 1.15. The van der Waals surface area contributed by atoms with Crippen molar-refractivity contribution in [2.45, 2.75) is 0 Å². The number of nitrogen functional groups attached to an aromatic ring is 1. The maximum absolute atomic E-state index is 11.3. The lowest BCUT2D eigenvalue weighted by molar-refractivity contribution is 1.03. The zero-order valence-corrected chi connectivity index (χ0v) is 7.15. The van der Waals surface area contributed by atoms with E-state index in [2.05, 4.69) is 10.2 Å². The van der Waals surface area contributed by atoms with Crippen LogP contribution in [0.5, 0.6) is 0 Å².